The third kappa shape index (κ3) is 4.11. The summed E-state index contributed by atoms with van der Waals surface area (Å²) >= 11 is 0. The number of aryl methyl sites for hydroxylation is 1. The van der Waals surface area contributed by atoms with Gasteiger partial charge in [-0.05, 0) is 37.7 Å². The molecule has 0 saturated carbocycles. The van der Waals surface area contributed by atoms with E-state index < -0.39 is 0 Å². The largest absolute Gasteiger partial charge is 0.496 e. The summed E-state index contributed by atoms with van der Waals surface area (Å²) in [4.78, 5) is 29.8. The van der Waals surface area contributed by atoms with E-state index >= 15 is 0 Å². The molecule has 0 radical (unpaired) electrons. The molecule has 2 aromatic rings. The Morgan fingerprint density at radius 3 is 2.33 bits per heavy atom. The van der Waals surface area contributed by atoms with Crippen LogP contribution < -0.4 is 10.1 Å². The monoisotopic (exact) mass is 367 g/mol. The van der Waals surface area contributed by atoms with E-state index in [4.69, 9.17) is 4.74 Å². The summed E-state index contributed by atoms with van der Waals surface area (Å²) in [5.41, 5.74) is 2.34. The van der Waals surface area contributed by atoms with Gasteiger partial charge in [0.1, 0.15) is 5.75 Å². The Bertz CT molecular complexity index is 842. The minimum absolute atomic E-state index is 0.0600. The lowest BCUT2D eigenvalue weighted by molar-refractivity contribution is 0.0665. The normalized spacial score (nSPS) is 14.7. The molecule has 0 aromatic heterocycles. The van der Waals surface area contributed by atoms with Crippen LogP contribution in [-0.2, 0) is 0 Å². The molecule has 3 rings (SSSR count). The smallest absolute Gasteiger partial charge is 0.259 e. The molecular weight excluding hydrogens is 342 g/mol. The van der Waals surface area contributed by atoms with Crippen molar-refractivity contribution in [3.63, 3.8) is 0 Å². The average molecular weight is 367 g/mol. The first-order valence-corrected chi connectivity index (χ1v) is 9.03. The molecule has 142 valence electrons. The molecule has 1 fully saturated rings. The molecule has 1 N–H and O–H groups in total. The van der Waals surface area contributed by atoms with Gasteiger partial charge in [0.15, 0.2) is 0 Å². The predicted octanol–water partition coefficient (Wildman–Crippen LogP) is 2.64. The fraction of sp³-hybridized carbons (Fsp3) is 0.333. The Labute approximate surface area is 159 Å². The van der Waals surface area contributed by atoms with Crippen LogP contribution in [0.1, 0.15) is 26.3 Å². The highest BCUT2D eigenvalue weighted by Crippen LogP contribution is 2.25. The van der Waals surface area contributed by atoms with Gasteiger partial charge in [-0.1, -0.05) is 24.3 Å². The number of hydrogen-bond acceptors (Lipinski definition) is 4. The summed E-state index contributed by atoms with van der Waals surface area (Å²) in [6.45, 7) is 4.95. The summed E-state index contributed by atoms with van der Waals surface area (Å²) in [6, 6.07) is 12.5. The number of nitrogens with one attached hydrogen (secondary N) is 1. The zero-order valence-corrected chi connectivity index (χ0v) is 16.0. The summed E-state index contributed by atoms with van der Waals surface area (Å²) in [5.74, 6) is 0.183. The molecule has 0 unspecified atom stereocenters. The van der Waals surface area contributed by atoms with Gasteiger partial charge in [-0.25, -0.2) is 0 Å². The van der Waals surface area contributed by atoms with Gasteiger partial charge in [0.2, 0.25) is 0 Å². The SMILES string of the molecule is COc1c(C)cccc1C(=O)Nc1ccccc1C(=O)N1CCN(C)CC1. The van der Waals surface area contributed by atoms with Gasteiger partial charge in [0.05, 0.1) is 23.9 Å². The first-order valence-electron chi connectivity index (χ1n) is 9.03. The zero-order chi connectivity index (χ0) is 19.4. The van der Waals surface area contributed by atoms with Crippen molar-refractivity contribution < 1.29 is 14.3 Å². The maximum atomic E-state index is 13.0. The lowest BCUT2D eigenvalue weighted by Crippen LogP contribution is -2.47. The van der Waals surface area contributed by atoms with Crippen LogP contribution in [0.4, 0.5) is 5.69 Å². The van der Waals surface area contributed by atoms with Crippen LogP contribution in [0.5, 0.6) is 5.75 Å². The highest BCUT2D eigenvalue weighted by Gasteiger charge is 2.23. The van der Waals surface area contributed by atoms with Gasteiger partial charge in [0.25, 0.3) is 11.8 Å². The molecule has 6 nitrogen and oxygen atoms in total. The third-order valence-corrected chi connectivity index (χ3v) is 4.86. The molecule has 0 aliphatic carbocycles. The maximum absolute atomic E-state index is 13.0. The molecular formula is C21H25N3O3. The molecule has 1 aliphatic rings. The van der Waals surface area contributed by atoms with Crippen LogP contribution in [0.25, 0.3) is 0 Å². The number of carbonyl (C=O) groups excluding carboxylic acids is 2. The Morgan fingerprint density at radius 2 is 1.63 bits per heavy atom. The van der Waals surface area contributed by atoms with Crippen molar-refractivity contribution in [3.05, 3.63) is 59.2 Å². The summed E-state index contributed by atoms with van der Waals surface area (Å²) in [6.07, 6.45) is 0. The van der Waals surface area contributed by atoms with Gasteiger partial charge in [-0.3, -0.25) is 9.59 Å². The number of ether oxygens (including phenoxy) is 1. The number of piperazine rings is 1. The van der Waals surface area contributed by atoms with E-state index in [1.54, 1.807) is 25.3 Å². The van der Waals surface area contributed by atoms with Gasteiger partial charge in [-0.15, -0.1) is 0 Å². The van der Waals surface area contributed by atoms with E-state index in [1.165, 1.54) is 0 Å². The first kappa shape index (κ1) is 18.9. The molecule has 2 aromatic carbocycles. The van der Waals surface area contributed by atoms with Crippen LogP contribution in [0, 0.1) is 6.92 Å². The summed E-state index contributed by atoms with van der Waals surface area (Å²) < 4.78 is 5.38. The lowest BCUT2D eigenvalue weighted by Gasteiger charge is -2.32. The maximum Gasteiger partial charge on any atom is 0.259 e. The molecule has 1 aliphatic heterocycles. The van der Waals surface area contributed by atoms with Crippen molar-refractivity contribution in [1.29, 1.82) is 0 Å². The number of benzene rings is 2. The van der Waals surface area contributed by atoms with E-state index in [-0.39, 0.29) is 11.8 Å². The molecule has 1 heterocycles. The second kappa shape index (κ2) is 8.22. The van der Waals surface area contributed by atoms with Crippen molar-refractivity contribution in [1.82, 2.24) is 9.80 Å². The van der Waals surface area contributed by atoms with E-state index in [0.717, 1.165) is 18.7 Å². The van der Waals surface area contributed by atoms with E-state index in [9.17, 15) is 9.59 Å². The first-order chi connectivity index (χ1) is 13.0. The second-order valence-corrected chi connectivity index (χ2v) is 6.75. The fourth-order valence-corrected chi connectivity index (χ4v) is 3.25. The van der Waals surface area contributed by atoms with E-state index in [0.29, 0.717) is 35.7 Å². The van der Waals surface area contributed by atoms with Crippen LogP contribution in [0.3, 0.4) is 0 Å². The second-order valence-electron chi connectivity index (χ2n) is 6.75. The minimum Gasteiger partial charge on any atom is -0.496 e. The number of rotatable bonds is 4. The molecule has 1 saturated heterocycles. The Hall–Kier alpha value is -2.86. The fourth-order valence-electron chi connectivity index (χ4n) is 3.25. The van der Waals surface area contributed by atoms with Gasteiger partial charge < -0.3 is 19.9 Å². The predicted molar refractivity (Wildman–Crippen MR) is 106 cm³/mol. The zero-order valence-electron chi connectivity index (χ0n) is 16.0. The molecule has 27 heavy (non-hydrogen) atoms. The van der Waals surface area contributed by atoms with Crippen molar-refractivity contribution in [2.45, 2.75) is 6.92 Å². The topological polar surface area (TPSA) is 61.9 Å². The standard InChI is InChI=1S/C21H25N3O3/c1-15-7-6-9-17(19(15)27-3)20(25)22-18-10-5-4-8-16(18)21(26)24-13-11-23(2)12-14-24/h4-10H,11-14H2,1-3H3,(H,22,25). The molecule has 0 atom stereocenters. The van der Waals surface area contributed by atoms with Crippen LogP contribution in [0.15, 0.2) is 42.5 Å². The molecule has 0 spiro atoms. The van der Waals surface area contributed by atoms with Crippen LogP contribution in [-0.4, -0.2) is 62.0 Å². The Balaban J connectivity index is 1.83. The van der Waals surface area contributed by atoms with Crippen LogP contribution >= 0.6 is 0 Å². The quantitative estimate of drug-likeness (QED) is 0.902. The number of methoxy groups -OCH3 is 1. The highest BCUT2D eigenvalue weighted by atomic mass is 16.5. The van der Waals surface area contributed by atoms with Gasteiger partial charge >= 0.3 is 0 Å². The Morgan fingerprint density at radius 1 is 0.963 bits per heavy atom. The van der Waals surface area contributed by atoms with Gasteiger partial charge in [-0.2, -0.15) is 0 Å². The number of amides is 2. The summed E-state index contributed by atoms with van der Waals surface area (Å²) in [7, 11) is 3.59. The van der Waals surface area contributed by atoms with Crippen molar-refractivity contribution in [2.24, 2.45) is 0 Å². The van der Waals surface area contributed by atoms with Crippen LogP contribution in [0.2, 0.25) is 0 Å². The van der Waals surface area contributed by atoms with Crippen molar-refractivity contribution in [2.75, 3.05) is 45.7 Å². The number of anilines is 1. The van der Waals surface area contributed by atoms with Crippen molar-refractivity contribution in [3.8, 4) is 5.75 Å². The average Bonchev–Trinajstić information content (AvgIpc) is 2.68. The third-order valence-electron chi connectivity index (χ3n) is 4.86. The Kier molecular flexibility index (Phi) is 5.76. The number of likely N-dealkylation sites (N-methyl/N-ethyl adjacent to an activating group) is 1. The summed E-state index contributed by atoms with van der Waals surface area (Å²) in [5, 5.41) is 2.88. The highest BCUT2D eigenvalue weighted by molar-refractivity contribution is 6.10. The molecule has 2 amide bonds. The number of nitrogens with zero attached hydrogens (tertiary/aromatic N) is 2. The number of carbonyl (C=O) groups is 2. The minimum atomic E-state index is -0.297. The van der Waals surface area contributed by atoms with Gasteiger partial charge in [0, 0.05) is 26.2 Å². The van der Waals surface area contributed by atoms with Crippen molar-refractivity contribution >= 4 is 17.5 Å². The van der Waals surface area contributed by atoms with E-state index in [2.05, 4.69) is 10.2 Å². The molecule has 6 heteroatoms. The molecule has 0 bridgehead atoms. The van der Waals surface area contributed by atoms with E-state index in [1.807, 2.05) is 43.1 Å². The number of para-hydroxylation sites is 2. The number of hydrogen-bond donors (Lipinski definition) is 1. The lowest BCUT2D eigenvalue weighted by atomic mass is 10.1.